The molecule has 2 aromatic carbocycles. The molecule has 6 rings (SSSR count). The Labute approximate surface area is 211 Å². The minimum atomic E-state index is -0.428. The molecule has 1 saturated carbocycles. The number of anilines is 1. The van der Waals surface area contributed by atoms with Crippen LogP contribution in [0.2, 0.25) is 0 Å². The molecule has 1 aliphatic heterocycles. The van der Waals surface area contributed by atoms with Gasteiger partial charge >= 0.3 is 0 Å². The van der Waals surface area contributed by atoms with Crippen LogP contribution in [-0.4, -0.2) is 63.6 Å². The number of benzene rings is 2. The molecule has 0 radical (unpaired) electrons. The number of carbonyl (C=O) groups excluding carboxylic acids is 1. The average molecular weight is 486 g/mol. The van der Waals surface area contributed by atoms with Crippen molar-refractivity contribution in [3.05, 3.63) is 42.5 Å². The van der Waals surface area contributed by atoms with Crippen molar-refractivity contribution in [2.45, 2.75) is 57.0 Å². The van der Waals surface area contributed by atoms with E-state index in [2.05, 4.69) is 62.7 Å². The van der Waals surface area contributed by atoms with E-state index in [4.69, 9.17) is 10.7 Å². The summed E-state index contributed by atoms with van der Waals surface area (Å²) >= 11 is 0. The molecule has 2 aromatic heterocycles. The van der Waals surface area contributed by atoms with Crippen molar-refractivity contribution < 1.29 is 4.79 Å². The zero-order chi connectivity index (χ0) is 24.8. The smallest absolute Gasteiger partial charge is 0.253 e. The number of nitrogens with zero attached hydrogens (tertiary/aromatic N) is 5. The summed E-state index contributed by atoms with van der Waals surface area (Å²) in [7, 11) is 4.19. The molecule has 8 heteroatoms. The Balaban J connectivity index is 1.47. The minimum Gasteiger partial charge on any atom is -0.367 e. The lowest BCUT2D eigenvalue weighted by molar-refractivity contribution is 0.100. The molecule has 36 heavy (non-hydrogen) atoms. The van der Waals surface area contributed by atoms with Crippen molar-refractivity contribution in [3.8, 4) is 11.1 Å². The first kappa shape index (κ1) is 23.0. The number of likely N-dealkylation sites (N-methyl/N-ethyl adjacent to an activating group) is 1. The average Bonchev–Trinajstić information content (AvgIpc) is 3.62. The van der Waals surface area contributed by atoms with Crippen LogP contribution in [0.3, 0.4) is 0 Å². The SMILES string of the molecule is CN(C)CC1CCCN1c1cc(-c2ccc3c(c2)ncn3C2CCCCC2)c2nc[nH]c2c1C(N)=O. The van der Waals surface area contributed by atoms with Gasteiger partial charge in [0.2, 0.25) is 0 Å². The molecule has 1 aliphatic carbocycles. The van der Waals surface area contributed by atoms with Crippen molar-refractivity contribution >= 4 is 33.7 Å². The van der Waals surface area contributed by atoms with Crippen LogP contribution in [0.15, 0.2) is 36.9 Å². The number of rotatable bonds is 6. The molecule has 1 unspecified atom stereocenters. The van der Waals surface area contributed by atoms with Crippen LogP contribution in [0.5, 0.6) is 0 Å². The lowest BCUT2D eigenvalue weighted by Crippen LogP contribution is -2.38. The molecule has 2 aliphatic rings. The van der Waals surface area contributed by atoms with Gasteiger partial charge in [0.1, 0.15) is 0 Å². The second-order valence-corrected chi connectivity index (χ2v) is 10.7. The van der Waals surface area contributed by atoms with E-state index in [1.807, 2.05) is 6.33 Å². The molecule has 0 bridgehead atoms. The number of H-pyrrole nitrogens is 1. The highest BCUT2D eigenvalue weighted by Crippen LogP contribution is 2.39. The number of fused-ring (bicyclic) bond motifs is 2. The molecule has 188 valence electrons. The van der Waals surface area contributed by atoms with Gasteiger partial charge in [0, 0.05) is 30.7 Å². The molecule has 3 N–H and O–H groups in total. The predicted octanol–water partition coefficient (Wildman–Crippen LogP) is 4.71. The highest BCUT2D eigenvalue weighted by Gasteiger charge is 2.30. The number of nitrogens with two attached hydrogens (primary N) is 1. The van der Waals surface area contributed by atoms with Gasteiger partial charge in [-0.25, -0.2) is 9.97 Å². The quantitative estimate of drug-likeness (QED) is 0.412. The number of amides is 1. The summed E-state index contributed by atoms with van der Waals surface area (Å²) in [6.45, 7) is 1.84. The van der Waals surface area contributed by atoms with E-state index >= 15 is 0 Å². The fraction of sp³-hybridized carbons (Fsp3) is 0.464. The van der Waals surface area contributed by atoms with Gasteiger partial charge in [0.15, 0.2) is 0 Å². The van der Waals surface area contributed by atoms with Crippen molar-refractivity contribution in [1.82, 2.24) is 24.4 Å². The van der Waals surface area contributed by atoms with Crippen LogP contribution in [0.4, 0.5) is 5.69 Å². The highest BCUT2D eigenvalue weighted by molar-refractivity contribution is 6.13. The van der Waals surface area contributed by atoms with E-state index in [9.17, 15) is 4.79 Å². The largest absolute Gasteiger partial charge is 0.367 e. The van der Waals surface area contributed by atoms with E-state index in [0.717, 1.165) is 53.8 Å². The fourth-order valence-corrected chi connectivity index (χ4v) is 6.40. The minimum absolute atomic E-state index is 0.333. The van der Waals surface area contributed by atoms with Gasteiger partial charge in [-0.15, -0.1) is 0 Å². The maximum Gasteiger partial charge on any atom is 0.253 e. The molecule has 1 amide bonds. The summed E-state index contributed by atoms with van der Waals surface area (Å²) in [5.74, 6) is -0.428. The number of primary amides is 1. The number of hydrogen-bond acceptors (Lipinski definition) is 5. The second-order valence-electron chi connectivity index (χ2n) is 10.7. The number of hydrogen-bond donors (Lipinski definition) is 2. The summed E-state index contributed by atoms with van der Waals surface area (Å²) in [5, 5.41) is 0. The zero-order valence-corrected chi connectivity index (χ0v) is 21.2. The maximum atomic E-state index is 12.7. The van der Waals surface area contributed by atoms with Gasteiger partial charge in [-0.3, -0.25) is 4.79 Å². The molecular weight excluding hydrogens is 450 g/mol. The molecule has 1 saturated heterocycles. The van der Waals surface area contributed by atoms with E-state index in [1.165, 1.54) is 37.6 Å². The standard InChI is InChI=1S/C28H35N7O/c1-33(2)15-20-9-6-12-34(20)24-14-21(26-27(31-16-30-26)25(24)28(29)36)18-10-11-23-22(13-18)32-17-35(23)19-7-4-3-5-8-19/h10-11,13-14,16-17,19-20H,3-9,12,15H2,1-2H3,(H2,29,36)(H,30,31). The van der Waals surface area contributed by atoms with Crippen LogP contribution in [-0.2, 0) is 0 Å². The summed E-state index contributed by atoms with van der Waals surface area (Å²) in [6.07, 6.45) is 12.2. The number of carbonyl (C=O) groups is 1. The molecule has 8 nitrogen and oxygen atoms in total. The van der Waals surface area contributed by atoms with Crippen molar-refractivity contribution in [3.63, 3.8) is 0 Å². The number of aromatic amines is 1. The molecule has 0 spiro atoms. The Morgan fingerprint density at radius 1 is 1.11 bits per heavy atom. The van der Waals surface area contributed by atoms with Crippen LogP contribution >= 0.6 is 0 Å². The molecule has 2 fully saturated rings. The van der Waals surface area contributed by atoms with Crippen molar-refractivity contribution in [1.29, 1.82) is 0 Å². The lowest BCUT2D eigenvalue weighted by atomic mass is 9.95. The molecule has 4 aromatic rings. The summed E-state index contributed by atoms with van der Waals surface area (Å²) in [4.78, 5) is 29.9. The lowest BCUT2D eigenvalue weighted by Gasteiger charge is -2.31. The normalized spacial score (nSPS) is 19.2. The topological polar surface area (TPSA) is 96.1 Å². The van der Waals surface area contributed by atoms with Gasteiger partial charge in [-0.2, -0.15) is 0 Å². The Morgan fingerprint density at radius 2 is 1.94 bits per heavy atom. The number of imidazole rings is 2. The number of nitrogens with one attached hydrogen (secondary N) is 1. The Bertz CT molecular complexity index is 1410. The van der Waals surface area contributed by atoms with E-state index < -0.39 is 5.91 Å². The van der Waals surface area contributed by atoms with Crippen LogP contribution in [0, 0.1) is 0 Å². The highest BCUT2D eigenvalue weighted by atomic mass is 16.1. The Hall–Kier alpha value is -3.39. The van der Waals surface area contributed by atoms with Crippen LogP contribution < -0.4 is 10.6 Å². The van der Waals surface area contributed by atoms with E-state index in [-0.39, 0.29) is 0 Å². The van der Waals surface area contributed by atoms with Crippen molar-refractivity contribution in [2.24, 2.45) is 5.73 Å². The third-order valence-electron chi connectivity index (χ3n) is 8.04. The number of aromatic nitrogens is 4. The first-order valence-corrected chi connectivity index (χ1v) is 13.2. The van der Waals surface area contributed by atoms with E-state index in [0.29, 0.717) is 23.2 Å². The Kier molecular flexibility index (Phi) is 5.91. The molecule has 3 heterocycles. The van der Waals surface area contributed by atoms with Gasteiger partial charge in [0.05, 0.1) is 46.0 Å². The first-order valence-electron chi connectivity index (χ1n) is 13.2. The van der Waals surface area contributed by atoms with E-state index in [1.54, 1.807) is 6.33 Å². The third kappa shape index (κ3) is 3.93. The summed E-state index contributed by atoms with van der Waals surface area (Å²) < 4.78 is 2.36. The molecular formula is C28H35N7O. The summed E-state index contributed by atoms with van der Waals surface area (Å²) in [5.41, 5.74) is 13.1. The van der Waals surface area contributed by atoms with Gasteiger partial charge < -0.3 is 25.1 Å². The van der Waals surface area contributed by atoms with Gasteiger partial charge in [0.25, 0.3) is 5.91 Å². The van der Waals surface area contributed by atoms with Crippen molar-refractivity contribution in [2.75, 3.05) is 32.1 Å². The van der Waals surface area contributed by atoms with Crippen LogP contribution in [0.1, 0.15) is 61.3 Å². The maximum absolute atomic E-state index is 12.7. The van der Waals surface area contributed by atoms with Crippen LogP contribution in [0.25, 0.3) is 33.2 Å². The zero-order valence-electron chi connectivity index (χ0n) is 21.2. The Morgan fingerprint density at radius 3 is 2.72 bits per heavy atom. The fourth-order valence-electron chi connectivity index (χ4n) is 6.40. The predicted molar refractivity (Wildman–Crippen MR) is 144 cm³/mol. The first-order chi connectivity index (χ1) is 17.5. The third-order valence-corrected chi connectivity index (χ3v) is 8.04. The monoisotopic (exact) mass is 485 g/mol. The summed E-state index contributed by atoms with van der Waals surface area (Å²) in [6, 6.07) is 9.51. The van der Waals surface area contributed by atoms with Gasteiger partial charge in [-0.1, -0.05) is 25.3 Å². The molecule has 1 atom stereocenters. The van der Waals surface area contributed by atoms with Gasteiger partial charge in [-0.05, 0) is 63.5 Å². The second kappa shape index (κ2) is 9.24.